The van der Waals surface area contributed by atoms with Gasteiger partial charge < -0.3 is 5.32 Å². The highest BCUT2D eigenvalue weighted by Gasteiger charge is 2.22. The second-order valence-electron chi connectivity index (χ2n) is 4.51. The fraction of sp³-hybridized carbons (Fsp3) is 0.133. The Labute approximate surface area is 126 Å². The number of halogens is 1. The van der Waals surface area contributed by atoms with Crippen LogP contribution in [0.2, 0.25) is 0 Å². The number of carbonyl (C=O) groups is 1. The molecule has 0 aliphatic carbocycles. The molecular weight excluding hydrogens is 292 g/mol. The third kappa shape index (κ3) is 3.38. The maximum absolute atomic E-state index is 12.3. The molecule has 2 aromatic carbocycles. The van der Waals surface area contributed by atoms with E-state index in [0.29, 0.717) is 17.1 Å². The molecule has 0 saturated carbocycles. The Bertz CT molecular complexity index is 701. The summed E-state index contributed by atoms with van der Waals surface area (Å²) >= 11 is 5.74. The standard InChI is InChI=1S/C15H13ClN2O3/c1-10-4-2-7-13(18(20)21)14(10)15(19)17-12-6-3-5-11(8-12)9-16/h2-8H,9H2,1H3,(H,17,19). The molecule has 0 saturated heterocycles. The first kappa shape index (κ1) is 15.0. The second kappa shape index (κ2) is 6.37. The number of nitrogens with zero attached hydrogens (tertiary/aromatic N) is 1. The van der Waals surface area contributed by atoms with Gasteiger partial charge in [-0.2, -0.15) is 0 Å². The largest absolute Gasteiger partial charge is 0.322 e. The Morgan fingerprint density at radius 3 is 2.67 bits per heavy atom. The number of amides is 1. The maximum Gasteiger partial charge on any atom is 0.282 e. The van der Waals surface area contributed by atoms with E-state index in [2.05, 4.69) is 5.32 Å². The number of anilines is 1. The number of nitrogens with one attached hydrogen (secondary N) is 1. The first-order valence-corrected chi connectivity index (χ1v) is 6.76. The molecule has 0 aliphatic heterocycles. The third-order valence-electron chi connectivity index (χ3n) is 3.01. The van der Waals surface area contributed by atoms with Crippen molar-refractivity contribution in [1.29, 1.82) is 0 Å². The highest BCUT2D eigenvalue weighted by atomic mass is 35.5. The average molecular weight is 305 g/mol. The Morgan fingerprint density at radius 2 is 2.00 bits per heavy atom. The van der Waals surface area contributed by atoms with Gasteiger partial charge >= 0.3 is 0 Å². The van der Waals surface area contributed by atoms with Crippen molar-refractivity contribution < 1.29 is 9.72 Å². The van der Waals surface area contributed by atoms with Crippen molar-refractivity contribution in [2.24, 2.45) is 0 Å². The monoisotopic (exact) mass is 304 g/mol. The van der Waals surface area contributed by atoms with Crippen molar-refractivity contribution in [2.45, 2.75) is 12.8 Å². The van der Waals surface area contributed by atoms with Gasteiger partial charge in [0, 0.05) is 17.6 Å². The Hall–Kier alpha value is -2.40. The molecule has 6 heteroatoms. The predicted molar refractivity (Wildman–Crippen MR) is 81.8 cm³/mol. The number of benzene rings is 2. The number of alkyl halides is 1. The van der Waals surface area contributed by atoms with Crippen LogP contribution in [0.4, 0.5) is 11.4 Å². The van der Waals surface area contributed by atoms with Gasteiger partial charge in [-0.1, -0.05) is 24.3 Å². The molecule has 0 atom stereocenters. The summed E-state index contributed by atoms with van der Waals surface area (Å²) in [6, 6.07) is 11.6. The maximum atomic E-state index is 12.3. The Kier molecular flexibility index (Phi) is 4.55. The molecule has 0 aromatic heterocycles. The molecule has 21 heavy (non-hydrogen) atoms. The highest BCUT2D eigenvalue weighted by molar-refractivity contribution is 6.17. The zero-order valence-electron chi connectivity index (χ0n) is 11.3. The van der Waals surface area contributed by atoms with Gasteiger partial charge in [0.15, 0.2) is 0 Å². The molecular formula is C15H13ClN2O3. The molecule has 2 aromatic rings. The van der Waals surface area contributed by atoms with Gasteiger partial charge in [-0.3, -0.25) is 14.9 Å². The van der Waals surface area contributed by atoms with E-state index in [0.717, 1.165) is 5.56 Å². The zero-order chi connectivity index (χ0) is 15.4. The number of carbonyl (C=O) groups excluding carboxylic acids is 1. The molecule has 0 heterocycles. The SMILES string of the molecule is Cc1cccc([N+](=O)[O-])c1C(=O)Nc1cccc(CCl)c1. The van der Waals surface area contributed by atoms with Crippen LogP contribution in [0.15, 0.2) is 42.5 Å². The fourth-order valence-electron chi connectivity index (χ4n) is 2.03. The lowest BCUT2D eigenvalue weighted by Crippen LogP contribution is -2.15. The number of nitro benzene ring substituents is 1. The zero-order valence-corrected chi connectivity index (χ0v) is 12.1. The number of rotatable bonds is 4. The van der Waals surface area contributed by atoms with Crippen molar-refractivity contribution in [3.05, 3.63) is 69.3 Å². The van der Waals surface area contributed by atoms with Gasteiger partial charge in [0.25, 0.3) is 11.6 Å². The molecule has 0 radical (unpaired) electrons. The summed E-state index contributed by atoms with van der Waals surface area (Å²) in [4.78, 5) is 22.8. The van der Waals surface area contributed by atoms with Crippen LogP contribution in [-0.4, -0.2) is 10.8 Å². The number of aryl methyl sites for hydroxylation is 1. The smallest absolute Gasteiger partial charge is 0.282 e. The van der Waals surface area contributed by atoms with E-state index in [1.807, 2.05) is 6.07 Å². The first-order valence-electron chi connectivity index (χ1n) is 6.23. The van der Waals surface area contributed by atoms with E-state index in [4.69, 9.17) is 11.6 Å². The molecule has 108 valence electrons. The van der Waals surface area contributed by atoms with Crippen LogP contribution >= 0.6 is 11.6 Å². The summed E-state index contributed by atoms with van der Waals surface area (Å²) in [6.07, 6.45) is 0. The van der Waals surface area contributed by atoms with Crippen molar-refractivity contribution in [2.75, 3.05) is 5.32 Å². The molecule has 0 spiro atoms. The minimum absolute atomic E-state index is 0.0683. The summed E-state index contributed by atoms with van der Waals surface area (Å²) in [5, 5.41) is 13.7. The van der Waals surface area contributed by atoms with E-state index < -0.39 is 10.8 Å². The molecule has 2 rings (SSSR count). The van der Waals surface area contributed by atoms with Crippen LogP contribution in [-0.2, 0) is 5.88 Å². The third-order valence-corrected chi connectivity index (χ3v) is 3.32. The summed E-state index contributed by atoms with van der Waals surface area (Å²) in [5.41, 5.74) is 1.82. The van der Waals surface area contributed by atoms with E-state index in [9.17, 15) is 14.9 Å². The predicted octanol–water partition coefficient (Wildman–Crippen LogP) is 3.89. The van der Waals surface area contributed by atoms with Gasteiger partial charge in [0.05, 0.1) is 4.92 Å². The van der Waals surface area contributed by atoms with Crippen molar-refractivity contribution in [3.8, 4) is 0 Å². The lowest BCUT2D eigenvalue weighted by molar-refractivity contribution is -0.385. The van der Waals surface area contributed by atoms with Crippen LogP contribution in [0, 0.1) is 17.0 Å². The minimum atomic E-state index is -0.558. The quantitative estimate of drug-likeness (QED) is 0.529. The van der Waals surface area contributed by atoms with Gasteiger partial charge in [-0.05, 0) is 30.2 Å². The van der Waals surface area contributed by atoms with Gasteiger partial charge in [0.2, 0.25) is 0 Å². The molecule has 0 aliphatic rings. The minimum Gasteiger partial charge on any atom is -0.322 e. The average Bonchev–Trinajstić information content (AvgIpc) is 2.46. The van der Waals surface area contributed by atoms with Crippen LogP contribution in [0.5, 0.6) is 0 Å². The van der Waals surface area contributed by atoms with Gasteiger partial charge in [-0.25, -0.2) is 0 Å². The van der Waals surface area contributed by atoms with E-state index in [1.165, 1.54) is 6.07 Å². The van der Waals surface area contributed by atoms with Crippen molar-refractivity contribution in [3.63, 3.8) is 0 Å². The summed E-state index contributed by atoms with van der Waals surface area (Å²) in [7, 11) is 0. The number of hydrogen-bond donors (Lipinski definition) is 1. The molecule has 0 unspecified atom stereocenters. The first-order chi connectivity index (χ1) is 10.0. The van der Waals surface area contributed by atoms with Crippen molar-refractivity contribution in [1.82, 2.24) is 0 Å². The summed E-state index contributed by atoms with van der Waals surface area (Å²) < 4.78 is 0. The fourth-order valence-corrected chi connectivity index (χ4v) is 2.19. The van der Waals surface area contributed by atoms with Crippen LogP contribution in [0.25, 0.3) is 0 Å². The van der Waals surface area contributed by atoms with E-state index in [1.54, 1.807) is 37.3 Å². The highest BCUT2D eigenvalue weighted by Crippen LogP contribution is 2.23. The summed E-state index contributed by atoms with van der Waals surface area (Å²) in [6.45, 7) is 1.66. The number of nitro groups is 1. The lowest BCUT2D eigenvalue weighted by atomic mass is 10.1. The Morgan fingerprint density at radius 1 is 1.29 bits per heavy atom. The Balaban J connectivity index is 2.34. The van der Waals surface area contributed by atoms with Gasteiger partial charge in [-0.15, -0.1) is 11.6 Å². The molecule has 1 N–H and O–H groups in total. The van der Waals surface area contributed by atoms with Crippen LogP contribution in [0.1, 0.15) is 21.5 Å². The molecule has 0 fully saturated rings. The lowest BCUT2D eigenvalue weighted by Gasteiger charge is -2.09. The normalized spacial score (nSPS) is 10.2. The molecule has 5 nitrogen and oxygen atoms in total. The second-order valence-corrected chi connectivity index (χ2v) is 4.78. The summed E-state index contributed by atoms with van der Waals surface area (Å²) in [5.74, 6) is -0.180. The molecule has 1 amide bonds. The van der Waals surface area contributed by atoms with Gasteiger partial charge in [0.1, 0.15) is 5.56 Å². The van der Waals surface area contributed by atoms with E-state index >= 15 is 0 Å². The van der Waals surface area contributed by atoms with E-state index in [-0.39, 0.29) is 11.3 Å². The van der Waals surface area contributed by atoms with Crippen molar-refractivity contribution >= 4 is 28.9 Å². The van der Waals surface area contributed by atoms with Crippen LogP contribution in [0.3, 0.4) is 0 Å². The van der Waals surface area contributed by atoms with Crippen LogP contribution < -0.4 is 5.32 Å². The topological polar surface area (TPSA) is 72.2 Å². The number of hydrogen-bond acceptors (Lipinski definition) is 3. The molecule has 0 bridgehead atoms.